The standard InChI is InChI=1S/C12H13F2N3O2/c1-16-2-3-17(6-10(16)18)12(19)8-4-7(13)5-9(15)11(8)14/h4-5H,2-3,6,15H2,1H3. The zero-order valence-corrected chi connectivity index (χ0v) is 10.3. The Bertz CT molecular complexity index is 548. The van der Waals surface area contributed by atoms with Crippen LogP contribution in [-0.4, -0.2) is 48.3 Å². The van der Waals surface area contributed by atoms with Crippen LogP contribution >= 0.6 is 0 Å². The van der Waals surface area contributed by atoms with Gasteiger partial charge >= 0.3 is 0 Å². The van der Waals surface area contributed by atoms with Crippen LogP contribution in [0, 0.1) is 11.6 Å². The topological polar surface area (TPSA) is 66.6 Å². The maximum atomic E-state index is 13.7. The van der Waals surface area contributed by atoms with Gasteiger partial charge in [0.05, 0.1) is 11.3 Å². The molecule has 0 spiro atoms. The average Bonchev–Trinajstić information content (AvgIpc) is 2.36. The lowest BCUT2D eigenvalue weighted by atomic mass is 10.1. The molecule has 5 nitrogen and oxygen atoms in total. The lowest BCUT2D eigenvalue weighted by molar-refractivity contribution is -0.133. The van der Waals surface area contributed by atoms with Gasteiger partial charge in [0, 0.05) is 20.1 Å². The van der Waals surface area contributed by atoms with Crippen molar-refractivity contribution in [1.82, 2.24) is 9.80 Å². The Hall–Kier alpha value is -2.18. The summed E-state index contributed by atoms with van der Waals surface area (Å²) in [5, 5.41) is 0. The lowest BCUT2D eigenvalue weighted by Crippen LogP contribution is -2.50. The molecule has 0 aromatic heterocycles. The molecule has 1 saturated heterocycles. The Morgan fingerprint density at radius 2 is 2.00 bits per heavy atom. The number of halogens is 2. The number of carbonyl (C=O) groups excluding carboxylic acids is 2. The van der Waals surface area contributed by atoms with Crippen molar-refractivity contribution in [2.45, 2.75) is 0 Å². The van der Waals surface area contributed by atoms with Gasteiger partial charge in [0.2, 0.25) is 5.91 Å². The minimum Gasteiger partial charge on any atom is -0.396 e. The smallest absolute Gasteiger partial charge is 0.257 e. The summed E-state index contributed by atoms with van der Waals surface area (Å²) in [6.45, 7) is 0.485. The summed E-state index contributed by atoms with van der Waals surface area (Å²) >= 11 is 0. The summed E-state index contributed by atoms with van der Waals surface area (Å²) in [4.78, 5) is 26.2. The van der Waals surface area contributed by atoms with Crippen molar-refractivity contribution in [3.8, 4) is 0 Å². The zero-order valence-electron chi connectivity index (χ0n) is 10.3. The van der Waals surface area contributed by atoms with Crippen LogP contribution in [0.1, 0.15) is 10.4 Å². The first kappa shape index (κ1) is 13.3. The van der Waals surface area contributed by atoms with Crippen LogP contribution in [0.5, 0.6) is 0 Å². The molecular weight excluding hydrogens is 256 g/mol. The van der Waals surface area contributed by atoms with Gasteiger partial charge in [0.15, 0.2) is 5.82 Å². The third-order valence-electron chi connectivity index (χ3n) is 3.04. The molecule has 1 aromatic carbocycles. The number of amides is 2. The van der Waals surface area contributed by atoms with E-state index in [4.69, 9.17) is 5.73 Å². The van der Waals surface area contributed by atoms with Crippen LogP contribution in [0.4, 0.5) is 14.5 Å². The zero-order chi connectivity index (χ0) is 14.2. The first-order valence-corrected chi connectivity index (χ1v) is 5.68. The number of hydrogen-bond acceptors (Lipinski definition) is 3. The molecule has 2 amide bonds. The number of benzene rings is 1. The molecule has 0 atom stereocenters. The number of hydrogen-bond donors (Lipinski definition) is 1. The summed E-state index contributed by atoms with van der Waals surface area (Å²) in [6.07, 6.45) is 0. The van der Waals surface area contributed by atoms with Gasteiger partial charge in [-0.3, -0.25) is 9.59 Å². The largest absolute Gasteiger partial charge is 0.396 e. The second kappa shape index (κ2) is 4.83. The van der Waals surface area contributed by atoms with Crippen molar-refractivity contribution in [2.24, 2.45) is 0 Å². The van der Waals surface area contributed by atoms with E-state index in [9.17, 15) is 18.4 Å². The van der Waals surface area contributed by atoms with Gasteiger partial charge < -0.3 is 15.5 Å². The van der Waals surface area contributed by atoms with E-state index in [1.54, 1.807) is 7.05 Å². The van der Waals surface area contributed by atoms with Crippen molar-refractivity contribution >= 4 is 17.5 Å². The van der Waals surface area contributed by atoms with Crippen molar-refractivity contribution in [3.05, 3.63) is 29.3 Å². The van der Waals surface area contributed by atoms with E-state index < -0.39 is 28.8 Å². The summed E-state index contributed by atoms with van der Waals surface area (Å²) < 4.78 is 26.9. The highest BCUT2D eigenvalue weighted by Gasteiger charge is 2.28. The van der Waals surface area contributed by atoms with Gasteiger partial charge in [0.1, 0.15) is 12.4 Å². The third kappa shape index (κ3) is 2.49. The van der Waals surface area contributed by atoms with Gasteiger partial charge in [-0.15, -0.1) is 0 Å². The number of rotatable bonds is 1. The van der Waals surface area contributed by atoms with E-state index in [0.717, 1.165) is 12.1 Å². The van der Waals surface area contributed by atoms with Crippen molar-refractivity contribution in [3.63, 3.8) is 0 Å². The molecule has 0 unspecified atom stereocenters. The third-order valence-corrected chi connectivity index (χ3v) is 3.04. The fraction of sp³-hybridized carbons (Fsp3) is 0.333. The minimum absolute atomic E-state index is 0.148. The van der Waals surface area contributed by atoms with Gasteiger partial charge in [-0.25, -0.2) is 8.78 Å². The summed E-state index contributed by atoms with van der Waals surface area (Å²) in [5.74, 6) is -2.73. The van der Waals surface area contributed by atoms with Crippen LogP contribution < -0.4 is 5.73 Å². The molecule has 1 heterocycles. The van der Waals surface area contributed by atoms with E-state index in [0.29, 0.717) is 6.54 Å². The molecule has 0 aliphatic carbocycles. The van der Waals surface area contributed by atoms with Gasteiger partial charge in [-0.05, 0) is 12.1 Å². The molecule has 19 heavy (non-hydrogen) atoms. The summed E-state index contributed by atoms with van der Waals surface area (Å²) in [6, 6.07) is 1.60. The molecule has 0 bridgehead atoms. The summed E-state index contributed by atoms with van der Waals surface area (Å²) in [5.41, 5.74) is 4.40. The van der Waals surface area contributed by atoms with Gasteiger partial charge in [0.25, 0.3) is 5.91 Å². The molecule has 2 N–H and O–H groups in total. The van der Waals surface area contributed by atoms with Crippen LogP contribution in [0.2, 0.25) is 0 Å². The fourth-order valence-corrected chi connectivity index (χ4v) is 1.87. The first-order chi connectivity index (χ1) is 8.90. The molecule has 102 valence electrons. The molecule has 2 rings (SSSR count). The van der Waals surface area contributed by atoms with Gasteiger partial charge in [-0.2, -0.15) is 0 Å². The van der Waals surface area contributed by atoms with Crippen molar-refractivity contribution in [1.29, 1.82) is 0 Å². The Morgan fingerprint density at radius 3 is 2.63 bits per heavy atom. The Labute approximate surface area is 108 Å². The van der Waals surface area contributed by atoms with Crippen molar-refractivity contribution < 1.29 is 18.4 Å². The van der Waals surface area contributed by atoms with Crippen LogP contribution in [0.15, 0.2) is 12.1 Å². The van der Waals surface area contributed by atoms with Crippen molar-refractivity contribution in [2.75, 3.05) is 32.4 Å². The number of nitrogen functional groups attached to an aromatic ring is 1. The lowest BCUT2D eigenvalue weighted by Gasteiger charge is -2.32. The maximum absolute atomic E-state index is 13.7. The molecule has 1 fully saturated rings. The molecule has 0 saturated carbocycles. The quantitative estimate of drug-likeness (QED) is 0.753. The number of anilines is 1. The summed E-state index contributed by atoms with van der Waals surface area (Å²) in [7, 11) is 1.62. The van der Waals surface area contributed by atoms with Crippen LogP contribution in [-0.2, 0) is 4.79 Å². The van der Waals surface area contributed by atoms with Crippen LogP contribution in [0.3, 0.4) is 0 Å². The first-order valence-electron chi connectivity index (χ1n) is 5.68. The van der Waals surface area contributed by atoms with E-state index >= 15 is 0 Å². The average molecular weight is 269 g/mol. The highest BCUT2D eigenvalue weighted by Crippen LogP contribution is 2.19. The highest BCUT2D eigenvalue weighted by atomic mass is 19.1. The van der Waals surface area contributed by atoms with E-state index in [-0.39, 0.29) is 19.0 Å². The van der Waals surface area contributed by atoms with Gasteiger partial charge in [-0.1, -0.05) is 0 Å². The molecule has 1 aromatic rings. The highest BCUT2D eigenvalue weighted by molar-refractivity contribution is 5.98. The predicted octanol–water partition coefficient (Wildman–Crippen LogP) is 0.461. The number of likely N-dealkylation sites (N-methyl/N-ethyl adjacent to an activating group) is 1. The minimum atomic E-state index is -0.960. The Kier molecular flexibility index (Phi) is 3.37. The number of nitrogens with two attached hydrogens (primary N) is 1. The number of nitrogens with zero attached hydrogens (tertiary/aromatic N) is 2. The van der Waals surface area contributed by atoms with Crippen LogP contribution in [0.25, 0.3) is 0 Å². The molecular formula is C12H13F2N3O2. The fourth-order valence-electron chi connectivity index (χ4n) is 1.87. The number of carbonyl (C=O) groups is 2. The number of piperazine rings is 1. The molecule has 7 heteroatoms. The molecule has 0 radical (unpaired) electrons. The Balaban J connectivity index is 2.28. The van der Waals surface area contributed by atoms with E-state index in [1.165, 1.54) is 9.80 Å². The maximum Gasteiger partial charge on any atom is 0.257 e. The molecule has 1 aliphatic heterocycles. The van der Waals surface area contributed by atoms with E-state index in [2.05, 4.69) is 0 Å². The normalized spacial score (nSPS) is 15.8. The SMILES string of the molecule is CN1CCN(C(=O)c2cc(F)cc(N)c2F)CC1=O. The molecule has 1 aliphatic rings. The second-order valence-corrected chi connectivity index (χ2v) is 4.40. The van der Waals surface area contributed by atoms with E-state index in [1.807, 2.05) is 0 Å². The predicted molar refractivity (Wildman–Crippen MR) is 64.3 cm³/mol. The second-order valence-electron chi connectivity index (χ2n) is 4.40. The monoisotopic (exact) mass is 269 g/mol. The Morgan fingerprint density at radius 1 is 1.32 bits per heavy atom.